The van der Waals surface area contributed by atoms with Crippen molar-refractivity contribution in [1.82, 2.24) is 24.5 Å². The molecule has 0 bridgehead atoms. The molecule has 0 aliphatic heterocycles. The van der Waals surface area contributed by atoms with Gasteiger partial charge in [-0.15, -0.1) is 16.4 Å². The first-order chi connectivity index (χ1) is 13.6. The van der Waals surface area contributed by atoms with E-state index in [9.17, 15) is 4.79 Å². The highest BCUT2D eigenvalue weighted by atomic mass is 32.1. The van der Waals surface area contributed by atoms with E-state index >= 15 is 0 Å². The number of aromatic nitrogens is 5. The Morgan fingerprint density at radius 3 is 2.61 bits per heavy atom. The van der Waals surface area contributed by atoms with Crippen molar-refractivity contribution < 1.29 is 4.79 Å². The van der Waals surface area contributed by atoms with Crippen molar-refractivity contribution in [3.63, 3.8) is 0 Å². The molecule has 6 nitrogen and oxygen atoms in total. The summed E-state index contributed by atoms with van der Waals surface area (Å²) < 4.78 is 3.75. The maximum atomic E-state index is 13.6. The Morgan fingerprint density at radius 2 is 1.82 bits per heavy atom. The number of Topliss-reactive ketones (excluding diaryl/α,β-unsaturated/α-hetero) is 1. The second-order valence-electron chi connectivity index (χ2n) is 6.75. The summed E-state index contributed by atoms with van der Waals surface area (Å²) in [4.78, 5) is 18.0. The highest BCUT2D eigenvalue weighted by Crippen LogP contribution is 2.32. The number of aryl methyl sites for hydroxylation is 2. The Hall–Kier alpha value is -3.32. The zero-order valence-corrected chi connectivity index (χ0v) is 16.2. The van der Waals surface area contributed by atoms with Gasteiger partial charge in [-0.25, -0.2) is 9.67 Å². The maximum absolute atomic E-state index is 13.6. The summed E-state index contributed by atoms with van der Waals surface area (Å²) in [5, 5.41) is 12.3. The minimum Gasteiger partial charge on any atom is -0.350 e. The van der Waals surface area contributed by atoms with Crippen LogP contribution in [0.1, 0.15) is 27.1 Å². The van der Waals surface area contributed by atoms with Crippen LogP contribution >= 0.6 is 11.3 Å². The molecule has 1 unspecified atom stereocenters. The molecule has 0 fully saturated rings. The van der Waals surface area contributed by atoms with Crippen LogP contribution in [-0.4, -0.2) is 30.3 Å². The van der Waals surface area contributed by atoms with Gasteiger partial charge in [0.2, 0.25) is 5.78 Å². The van der Waals surface area contributed by atoms with Crippen LogP contribution in [0.15, 0.2) is 60.1 Å². The number of thiazole rings is 1. The van der Waals surface area contributed by atoms with Gasteiger partial charge in [-0.3, -0.25) is 4.79 Å². The summed E-state index contributed by atoms with van der Waals surface area (Å²) in [6, 6.07) is 15.1. The number of hydrogen-bond donors (Lipinski definition) is 0. The molecule has 0 saturated carbocycles. The number of carbonyl (C=O) groups excluding carboxylic acids is 1. The molecule has 0 aliphatic rings. The molecule has 0 N–H and O–H groups in total. The Labute approximate surface area is 165 Å². The molecule has 1 atom stereocenters. The van der Waals surface area contributed by atoms with E-state index in [1.807, 2.05) is 78.6 Å². The molecule has 3 aromatic heterocycles. The van der Waals surface area contributed by atoms with Crippen LogP contribution in [-0.2, 0) is 7.05 Å². The predicted molar refractivity (Wildman–Crippen MR) is 110 cm³/mol. The van der Waals surface area contributed by atoms with E-state index in [2.05, 4.69) is 15.3 Å². The topological polar surface area (TPSA) is 65.6 Å². The Balaban J connectivity index is 1.78. The van der Waals surface area contributed by atoms with E-state index < -0.39 is 6.04 Å². The number of para-hydroxylation sites is 2. The van der Waals surface area contributed by atoms with Gasteiger partial charge >= 0.3 is 0 Å². The first-order valence-electron chi connectivity index (χ1n) is 8.93. The van der Waals surface area contributed by atoms with Gasteiger partial charge in [0.05, 0.1) is 10.5 Å². The number of ketones is 1. The highest BCUT2D eigenvalue weighted by Gasteiger charge is 2.30. The quantitative estimate of drug-likeness (QED) is 0.434. The molecule has 138 valence electrons. The summed E-state index contributed by atoms with van der Waals surface area (Å²) in [6.45, 7) is 1.90. The van der Waals surface area contributed by atoms with Gasteiger partial charge < -0.3 is 4.57 Å². The van der Waals surface area contributed by atoms with Gasteiger partial charge in [-0.05, 0) is 25.1 Å². The molecule has 0 amide bonds. The average Bonchev–Trinajstić information content (AvgIpc) is 3.41. The number of rotatable bonds is 4. The lowest BCUT2D eigenvalue weighted by molar-refractivity contribution is 0.0937. The third-order valence-electron chi connectivity index (χ3n) is 4.96. The van der Waals surface area contributed by atoms with Crippen molar-refractivity contribution in [1.29, 1.82) is 0 Å². The average molecular weight is 387 g/mol. The lowest BCUT2D eigenvalue weighted by atomic mass is 10.00. The first-order valence-corrected chi connectivity index (χ1v) is 9.81. The highest BCUT2D eigenvalue weighted by molar-refractivity contribution is 7.09. The van der Waals surface area contributed by atoms with Gasteiger partial charge in [-0.1, -0.05) is 35.5 Å². The molecule has 5 rings (SSSR count). The number of fused-ring (bicyclic) bond motifs is 2. The molecule has 0 aliphatic carbocycles. The fourth-order valence-corrected chi connectivity index (χ4v) is 4.27. The lowest BCUT2D eigenvalue weighted by Crippen LogP contribution is -2.22. The summed E-state index contributed by atoms with van der Waals surface area (Å²) in [5.74, 6) is -0.0867. The van der Waals surface area contributed by atoms with Crippen LogP contribution in [0.5, 0.6) is 0 Å². The van der Waals surface area contributed by atoms with E-state index in [4.69, 9.17) is 0 Å². The third-order valence-corrected chi connectivity index (χ3v) is 5.74. The molecule has 0 spiro atoms. The summed E-state index contributed by atoms with van der Waals surface area (Å²) in [7, 11) is 1.99. The van der Waals surface area contributed by atoms with Crippen molar-refractivity contribution in [2.75, 3.05) is 0 Å². The first kappa shape index (κ1) is 16.8. The second kappa shape index (κ2) is 6.38. The minimum absolute atomic E-state index is 0.0867. The van der Waals surface area contributed by atoms with Crippen molar-refractivity contribution >= 4 is 39.1 Å². The number of nitrogens with zero attached hydrogens (tertiary/aromatic N) is 5. The maximum Gasteiger partial charge on any atom is 0.211 e. The molecule has 0 saturated heterocycles. The van der Waals surface area contributed by atoms with Crippen LogP contribution in [0.2, 0.25) is 0 Å². The molecule has 0 radical (unpaired) electrons. The van der Waals surface area contributed by atoms with Crippen LogP contribution in [0.3, 0.4) is 0 Å². The van der Waals surface area contributed by atoms with E-state index in [-0.39, 0.29) is 5.78 Å². The Kier molecular flexibility index (Phi) is 3.84. The zero-order valence-electron chi connectivity index (χ0n) is 15.4. The van der Waals surface area contributed by atoms with E-state index in [0.717, 1.165) is 32.5 Å². The molecular weight excluding hydrogens is 370 g/mol. The van der Waals surface area contributed by atoms with Crippen molar-refractivity contribution in [2.24, 2.45) is 7.05 Å². The molecule has 28 heavy (non-hydrogen) atoms. The normalized spacial score (nSPS) is 12.6. The number of hydrogen-bond acceptors (Lipinski definition) is 5. The zero-order chi connectivity index (χ0) is 19.3. The monoisotopic (exact) mass is 387 g/mol. The minimum atomic E-state index is -0.639. The van der Waals surface area contributed by atoms with Gasteiger partial charge in [-0.2, -0.15) is 0 Å². The molecular formula is C21H17N5OS. The fourth-order valence-electron chi connectivity index (χ4n) is 3.67. The van der Waals surface area contributed by atoms with Gasteiger partial charge in [0, 0.05) is 35.1 Å². The van der Waals surface area contributed by atoms with Crippen molar-refractivity contribution in [2.45, 2.75) is 13.0 Å². The second-order valence-corrected chi connectivity index (χ2v) is 7.82. The Morgan fingerprint density at radius 1 is 1.07 bits per heavy atom. The van der Waals surface area contributed by atoms with E-state index in [1.54, 1.807) is 4.68 Å². The van der Waals surface area contributed by atoms with E-state index in [0.29, 0.717) is 5.69 Å². The SMILES string of the molecule is Cc1nc(C(=O)C(c2cn(C)c3ccccc23)n2nnc3ccccc32)cs1. The van der Waals surface area contributed by atoms with Crippen molar-refractivity contribution in [3.05, 3.63) is 76.4 Å². The summed E-state index contributed by atoms with van der Waals surface area (Å²) in [5.41, 5.74) is 3.99. The van der Waals surface area contributed by atoms with Crippen molar-refractivity contribution in [3.8, 4) is 0 Å². The van der Waals surface area contributed by atoms with Crippen LogP contribution in [0.4, 0.5) is 0 Å². The molecule has 7 heteroatoms. The molecule has 5 aromatic rings. The van der Waals surface area contributed by atoms with E-state index in [1.165, 1.54) is 11.3 Å². The summed E-state index contributed by atoms with van der Waals surface area (Å²) >= 11 is 1.47. The molecule has 3 heterocycles. The smallest absolute Gasteiger partial charge is 0.211 e. The van der Waals surface area contributed by atoms with Crippen LogP contribution < -0.4 is 0 Å². The van der Waals surface area contributed by atoms with Crippen LogP contribution in [0, 0.1) is 6.92 Å². The largest absolute Gasteiger partial charge is 0.350 e. The number of benzene rings is 2. The third kappa shape index (κ3) is 2.55. The van der Waals surface area contributed by atoms with Gasteiger partial charge in [0.1, 0.15) is 17.3 Å². The summed E-state index contributed by atoms with van der Waals surface area (Å²) in [6.07, 6.45) is 2.00. The standard InChI is InChI=1S/C21H17N5OS/c1-13-22-17(12-28-13)21(27)20(26-19-10-6-4-8-16(19)23-24-26)15-11-25(2)18-9-5-3-7-14(15)18/h3-12,20H,1-2H3. The predicted octanol–water partition coefficient (Wildman–Crippen LogP) is 4.16. The molecule has 2 aromatic carbocycles. The Bertz CT molecular complexity index is 1330. The number of carbonyl (C=O) groups is 1. The van der Waals surface area contributed by atoms with Gasteiger partial charge in [0.25, 0.3) is 0 Å². The van der Waals surface area contributed by atoms with Crippen LogP contribution in [0.25, 0.3) is 21.9 Å². The van der Waals surface area contributed by atoms with Gasteiger partial charge in [0.15, 0.2) is 0 Å². The lowest BCUT2D eigenvalue weighted by Gasteiger charge is -2.15. The fraction of sp³-hybridized carbons (Fsp3) is 0.143.